The number of benzene rings is 1. The molecule has 7 nitrogen and oxygen atoms in total. The maximum Gasteiger partial charge on any atom is 0.232 e. The van der Waals surface area contributed by atoms with Gasteiger partial charge in [0.15, 0.2) is 0 Å². The second kappa shape index (κ2) is 7.61. The molecule has 1 aromatic heterocycles. The molecule has 0 spiro atoms. The summed E-state index contributed by atoms with van der Waals surface area (Å²) in [5, 5.41) is 7.04. The van der Waals surface area contributed by atoms with E-state index in [0.29, 0.717) is 24.8 Å². The lowest BCUT2D eigenvalue weighted by Gasteiger charge is -2.31. The number of carbonyl (C=O) groups excluding carboxylic acids is 2. The number of carbonyl (C=O) groups is 2. The Hall–Kier alpha value is -2.70. The molecule has 0 atom stereocenters. The van der Waals surface area contributed by atoms with Crippen LogP contribution in [0.25, 0.3) is 11.4 Å². The van der Waals surface area contributed by atoms with Gasteiger partial charge in [0.25, 0.3) is 0 Å². The number of anilines is 1. The smallest absolute Gasteiger partial charge is 0.232 e. The van der Waals surface area contributed by atoms with E-state index in [1.807, 2.05) is 49.9 Å². The fourth-order valence-corrected chi connectivity index (χ4v) is 3.54. The van der Waals surface area contributed by atoms with E-state index in [1.54, 1.807) is 0 Å². The van der Waals surface area contributed by atoms with Crippen molar-refractivity contribution in [1.29, 1.82) is 0 Å². The van der Waals surface area contributed by atoms with Gasteiger partial charge in [0, 0.05) is 41.6 Å². The van der Waals surface area contributed by atoms with Crippen molar-refractivity contribution in [3.05, 3.63) is 30.2 Å². The molecule has 1 N–H and O–H groups in total. The van der Waals surface area contributed by atoms with Crippen molar-refractivity contribution < 1.29 is 14.1 Å². The van der Waals surface area contributed by atoms with E-state index in [4.69, 9.17) is 4.52 Å². The molecule has 4 rings (SSSR count). The van der Waals surface area contributed by atoms with Crippen molar-refractivity contribution in [2.75, 3.05) is 18.4 Å². The van der Waals surface area contributed by atoms with Gasteiger partial charge in [-0.2, -0.15) is 4.98 Å². The second-order valence-electron chi connectivity index (χ2n) is 9.11. The molecule has 0 radical (unpaired) electrons. The van der Waals surface area contributed by atoms with Crippen LogP contribution in [0.15, 0.2) is 28.8 Å². The number of hydrogen-bond donors (Lipinski definition) is 1. The van der Waals surface area contributed by atoms with Crippen molar-refractivity contribution in [2.45, 2.75) is 51.9 Å². The van der Waals surface area contributed by atoms with Crippen LogP contribution in [0.3, 0.4) is 0 Å². The summed E-state index contributed by atoms with van der Waals surface area (Å²) in [7, 11) is 0. The summed E-state index contributed by atoms with van der Waals surface area (Å²) >= 11 is 0. The Kier molecular flexibility index (Phi) is 5.15. The standard InChI is InChI=1S/C22H28N4O3/c1-22(2,3)21-24-18(25-29-21)14-6-8-17(9-7-14)23-19(27)15-10-12-26(13-11-15)20(28)16-4-5-16/h6-9,15-16H,4-5,10-13H2,1-3H3,(H,23,27). The van der Waals surface area contributed by atoms with E-state index >= 15 is 0 Å². The first-order valence-corrected chi connectivity index (χ1v) is 10.4. The zero-order valence-corrected chi connectivity index (χ0v) is 17.3. The fraction of sp³-hybridized carbons (Fsp3) is 0.545. The molecule has 2 heterocycles. The lowest BCUT2D eigenvalue weighted by molar-refractivity contribution is -0.135. The average Bonchev–Trinajstić information content (AvgIpc) is 3.43. The molecule has 0 unspecified atom stereocenters. The molecule has 2 amide bonds. The zero-order valence-electron chi connectivity index (χ0n) is 17.3. The first-order valence-electron chi connectivity index (χ1n) is 10.4. The van der Waals surface area contributed by atoms with Crippen LogP contribution in [0.1, 0.15) is 52.3 Å². The number of hydrogen-bond acceptors (Lipinski definition) is 5. The molecule has 1 aliphatic carbocycles. The molecular weight excluding hydrogens is 368 g/mol. The van der Waals surface area contributed by atoms with Crippen molar-refractivity contribution in [1.82, 2.24) is 15.0 Å². The number of rotatable bonds is 4. The first-order chi connectivity index (χ1) is 13.8. The minimum absolute atomic E-state index is 0.0193. The van der Waals surface area contributed by atoms with Crippen LogP contribution in [0.4, 0.5) is 5.69 Å². The predicted octanol–water partition coefficient (Wildman–Crippen LogP) is 3.62. The van der Waals surface area contributed by atoms with Gasteiger partial charge in [0.2, 0.25) is 23.5 Å². The van der Waals surface area contributed by atoms with E-state index in [2.05, 4.69) is 15.5 Å². The highest BCUT2D eigenvalue weighted by atomic mass is 16.5. The third kappa shape index (κ3) is 4.49. The molecule has 2 aliphatic rings. The summed E-state index contributed by atoms with van der Waals surface area (Å²) in [4.78, 5) is 31.1. The van der Waals surface area contributed by atoms with Gasteiger partial charge in [-0.3, -0.25) is 9.59 Å². The Balaban J connectivity index is 1.32. The third-order valence-corrected chi connectivity index (χ3v) is 5.58. The number of nitrogens with zero attached hydrogens (tertiary/aromatic N) is 3. The van der Waals surface area contributed by atoms with Gasteiger partial charge < -0.3 is 14.7 Å². The molecule has 7 heteroatoms. The first kappa shape index (κ1) is 19.6. The molecule has 2 fully saturated rings. The van der Waals surface area contributed by atoms with E-state index in [9.17, 15) is 9.59 Å². The molecule has 1 aromatic carbocycles. The van der Waals surface area contributed by atoms with Gasteiger partial charge in [-0.15, -0.1) is 0 Å². The van der Waals surface area contributed by atoms with E-state index in [1.165, 1.54) is 0 Å². The maximum absolute atomic E-state index is 12.6. The molecule has 1 saturated heterocycles. The van der Waals surface area contributed by atoms with Crippen LogP contribution in [0.5, 0.6) is 0 Å². The topological polar surface area (TPSA) is 88.3 Å². The number of nitrogens with one attached hydrogen (secondary N) is 1. The van der Waals surface area contributed by atoms with Crippen LogP contribution < -0.4 is 5.32 Å². The molecule has 2 aromatic rings. The molecule has 0 bridgehead atoms. The van der Waals surface area contributed by atoms with Gasteiger partial charge in [-0.1, -0.05) is 25.9 Å². The van der Waals surface area contributed by atoms with Crippen LogP contribution in [0, 0.1) is 11.8 Å². The van der Waals surface area contributed by atoms with Gasteiger partial charge in [0.05, 0.1) is 0 Å². The number of amides is 2. The quantitative estimate of drug-likeness (QED) is 0.853. The van der Waals surface area contributed by atoms with E-state index in [-0.39, 0.29) is 29.1 Å². The lowest BCUT2D eigenvalue weighted by Crippen LogP contribution is -2.42. The van der Waals surface area contributed by atoms with Crippen LogP contribution in [0.2, 0.25) is 0 Å². The van der Waals surface area contributed by atoms with Crippen molar-refractivity contribution in [2.24, 2.45) is 11.8 Å². The summed E-state index contributed by atoms with van der Waals surface area (Å²) in [6.07, 6.45) is 3.49. The summed E-state index contributed by atoms with van der Waals surface area (Å²) in [6.45, 7) is 7.43. The summed E-state index contributed by atoms with van der Waals surface area (Å²) in [5.74, 6) is 1.63. The Morgan fingerprint density at radius 1 is 1.03 bits per heavy atom. The Morgan fingerprint density at radius 2 is 1.69 bits per heavy atom. The zero-order chi connectivity index (χ0) is 20.6. The SMILES string of the molecule is CC(C)(C)c1nc(-c2ccc(NC(=O)C3CCN(C(=O)C4CC4)CC3)cc2)no1. The lowest BCUT2D eigenvalue weighted by atomic mass is 9.95. The molecular formula is C22H28N4O3. The Bertz CT molecular complexity index is 886. The minimum Gasteiger partial charge on any atom is -0.342 e. The highest BCUT2D eigenvalue weighted by Crippen LogP contribution is 2.32. The Labute approximate surface area is 170 Å². The van der Waals surface area contributed by atoms with Crippen molar-refractivity contribution in [3.8, 4) is 11.4 Å². The minimum atomic E-state index is -0.196. The average molecular weight is 396 g/mol. The second-order valence-corrected chi connectivity index (χ2v) is 9.11. The van der Waals surface area contributed by atoms with Crippen LogP contribution in [-0.2, 0) is 15.0 Å². The summed E-state index contributed by atoms with van der Waals surface area (Å²) < 4.78 is 5.34. The van der Waals surface area contributed by atoms with Crippen LogP contribution in [-0.4, -0.2) is 39.9 Å². The summed E-state index contributed by atoms with van der Waals surface area (Å²) in [5.41, 5.74) is 1.39. The normalized spacial score (nSPS) is 18.0. The highest BCUT2D eigenvalue weighted by Gasteiger charge is 2.36. The van der Waals surface area contributed by atoms with Gasteiger partial charge in [0.1, 0.15) is 0 Å². The number of aromatic nitrogens is 2. The Morgan fingerprint density at radius 3 is 2.24 bits per heavy atom. The molecule has 154 valence electrons. The van der Waals surface area contributed by atoms with Crippen LogP contribution >= 0.6 is 0 Å². The van der Waals surface area contributed by atoms with Gasteiger partial charge in [-0.05, 0) is 49.9 Å². The molecule has 1 aliphatic heterocycles. The van der Waals surface area contributed by atoms with Gasteiger partial charge in [-0.25, -0.2) is 0 Å². The fourth-order valence-electron chi connectivity index (χ4n) is 3.54. The monoisotopic (exact) mass is 396 g/mol. The van der Waals surface area contributed by atoms with E-state index < -0.39 is 0 Å². The largest absolute Gasteiger partial charge is 0.342 e. The molecule has 29 heavy (non-hydrogen) atoms. The highest BCUT2D eigenvalue weighted by molar-refractivity contribution is 5.93. The summed E-state index contributed by atoms with van der Waals surface area (Å²) in [6, 6.07) is 7.46. The number of piperidine rings is 1. The third-order valence-electron chi connectivity index (χ3n) is 5.58. The van der Waals surface area contributed by atoms with Gasteiger partial charge >= 0.3 is 0 Å². The van der Waals surface area contributed by atoms with Crippen molar-refractivity contribution >= 4 is 17.5 Å². The predicted molar refractivity (Wildman–Crippen MR) is 109 cm³/mol. The number of likely N-dealkylation sites (tertiary alicyclic amines) is 1. The maximum atomic E-state index is 12.6. The van der Waals surface area contributed by atoms with Crippen molar-refractivity contribution in [3.63, 3.8) is 0 Å². The van der Waals surface area contributed by atoms with E-state index in [0.717, 1.165) is 36.9 Å². The molecule has 1 saturated carbocycles.